The lowest BCUT2D eigenvalue weighted by Crippen LogP contribution is -1.96. The summed E-state index contributed by atoms with van der Waals surface area (Å²) in [5, 5.41) is 3.29. The van der Waals surface area contributed by atoms with Gasteiger partial charge in [-0.25, -0.2) is 0 Å². The first kappa shape index (κ1) is 13.1. The van der Waals surface area contributed by atoms with Gasteiger partial charge in [-0.05, 0) is 36.8 Å². The van der Waals surface area contributed by atoms with Gasteiger partial charge in [-0.2, -0.15) is 0 Å². The number of hydrogen-bond donors (Lipinski definition) is 2. The number of rotatable bonds is 2. The van der Waals surface area contributed by atoms with E-state index in [2.05, 4.69) is 12.2 Å². The highest BCUT2D eigenvalue weighted by molar-refractivity contribution is 5.73. The van der Waals surface area contributed by atoms with Gasteiger partial charge < -0.3 is 11.1 Å². The van der Waals surface area contributed by atoms with Crippen LogP contribution in [0.1, 0.15) is 19.4 Å². The van der Waals surface area contributed by atoms with Crippen LogP contribution in [0.25, 0.3) is 0 Å². The number of anilines is 3. The highest BCUT2D eigenvalue weighted by Crippen LogP contribution is 2.23. The SMILES string of the molecule is CC.Cc1ccc(N)c(Nc2ccccc2)c1. The molecule has 0 atom stereocenters. The van der Waals surface area contributed by atoms with Crippen LogP contribution in [0.2, 0.25) is 0 Å². The maximum absolute atomic E-state index is 5.87. The zero-order chi connectivity index (χ0) is 12.7. The highest BCUT2D eigenvalue weighted by Gasteiger charge is 1.98. The van der Waals surface area contributed by atoms with Crippen LogP contribution in [0.5, 0.6) is 0 Å². The van der Waals surface area contributed by atoms with Crippen molar-refractivity contribution in [3.05, 3.63) is 54.1 Å². The minimum Gasteiger partial charge on any atom is -0.397 e. The minimum atomic E-state index is 0.768. The second-order valence-corrected chi connectivity index (χ2v) is 3.58. The molecule has 0 fully saturated rings. The monoisotopic (exact) mass is 228 g/mol. The lowest BCUT2D eigenvalue weighted by Gasteiger charge is -2.09. The summed E-state index contributed by atoms with van der Waals surface area (Å²) in [5.74, 6) is 0. The van der Waals surface area contributed by atoms with Crippen molar-refractivity contribution in [3.8, 4) is 0 Å². The second-order valence-electron chi connectivity index (χ2n) is 3.58. The van der Waals surface area contributed by atoms with Gasteiger partial charge in [-0.1, -0.05) is 38.1 Å². The summed E-state index contributed by atoms with van der Waals surface area (Å²) in [5.41, 5.74) is 9.85. The molecule has 2 rings (SSSR count). The third-order valence-electron chi connectivity index (χ3n) is 2.26. The summed E-state index contributed by atoms with van der Waals surface area (Å²) in [7, 11) is 0. The van der Waals surface area contributed by atoms with Gasteiger partial charge in [0.2, 0.25) is 0 Å². The van der Waals surface area contributed by atoms with Gasteiger partial charge in [0.1, 0.15) is 0 Å². The van der Waals surface area contributed by atoms with E-state index in [0.29, 0.717) is 0 Å². The molecule has 90 valence electrons. The van der Waals surface area contributed by atoms with Crippen molar-refractivity contribution in [3.63, 3.8) is 0 Å². The largest absolute Gasteiger partial charge is 0.397 e. The van der Waals surface area contributed by atoms with E-state index in [0.717, 1.165) is 17.1 Å². The molecule has 0 bridgehead atoms. The molecule has 0 saturated carbocycles. The smallest absolute Gasteiger partial charge is 0.0620 e. The van der Waals surface area contributed by atoms with E-state index in [9.17, 15) is 0 Å². The molecule has 0 radical (unpaired) electrons. The standard InChI is InChI=1S/C13H14N2.C2H6/c1-10-7-8-12(14)13(9-10)15-11-5-3-2-4-6-11;1-2/h2-9,15H,14H2,1H3;1-2H3. The van der Waals surface area contributed by atoms with Crippen molar-refractivity contribution < 1.29 is 0 Å². The van der Waals surface area contributed by atoms with Crippen molar-refractivity contribution in [1.82, 2.24) is 0 Å². The summed E-state index contributed by atoms with van der Waals surface area (Å²) in [6.07, 6.45) is 0. The summed E-state index contributed by atoms with van der Waals surface area (Å²) in [6.45, 7) is 6.05. The van der Waals surface area contributed by atoms with Gasteiger partial charge in [0.25, 0.3) is 0 Å². The van der Waals surface area contributed by atoms with E-state index in [4.69, 9.17) is 5.73 Å². The summed E-state index contributed by atoms with van der Waals surface area (Å²) in [4.78, 5) is 0. The average Bonchev–Trinajstić information content (AvgIpc) is 2.38. The number of nitrogen functional groups attached to an aromatic ring is 1. The molecule has 0 saturated heterocycles. The number of nitrogens with one attached hydrogen (secondary N) is 1. The number of hydrogen-bond acceptors (Lipinski definition) is 2. The van der Waals surface area contributed by atoms with E-state index < -0.39 is 0 Å². The first-order valence-electron chi connectivity index (χ1n) is 5.94. The van der Waals surface area contributed by atoms with Gasteiger partial charge in [0.05, 0.1) is 11.4 Å². The zero-order valence-electron chi connectivity index (χ0n) is 10.7. The summed E-state index contributed by atoms with van der Waals surface area (Å²) in [6, 6.07) is 16.0. The molecule has 17 heavy (non-hydrogen) atoms. The van der Waals surface area contributed by atoms with Gasteiger partial charge >= 0.3 is 0 Å². The molecule has 0 aromatic heterocycles. The first-order chi connectivity index (χ1) is 8.25. The molecule has 0 aliphatic carbocycles. The third-order valence-corrected chi connectivity index (χ3v) is 2.26. The van der Waals surface area contributed by atoms with Crippen molar-refractivity contribution in [2.45, 2.75) is 20.8 Å². The van der Waals surface area contributed by atoms with Gasteiger partial charge in [0, 0.05) is 5.69 Å². The van der Waals surface area contributed by atoms with Gasteiger partial charge in [0.15, 0.2) is 0 Å². The van der Waals surface area contributed by atoms with E-state index >= 15 is 0 Å². The Kier molecular flexibility index (Phi) is 5.08. The molecule has 3 N–H and O–H groups in total. The fourth-order valence-corrected chi connectivity index (χ4v) is 1.46. The molecule has 2 nitrogen and oxygen atoms in total. The van der Waals surface area contributed by atoms with Crippen LogP contribution in [0, 0.1) is 6.92 Å². The summed E-state index contributed by atoms with van der Waals surface area (Å²) >= 11 is 0. The molecule has 2 aromatic carbocycles. The Labute approximate surface area is 103 Å². The Balaban J connectivity index is 0.000000686. The Morgan fingerprint density at radius 2 is 1.59 bits per heavy atom. The van der Waals surface area contributed by atoms with Crippen molar-refractivity contribution >= 4 is 17.1 Å². The van der Waals surface area contributed by atoms with Gasteiger partial charge in [-0.3, -0.25) is 0 Å². The van der Waals surface area contributed by atoms with Crippen LogP contribution in [-0.4, -0.2) is 0 Å². The van der Waals surface area contributed by atoms with Crippen LogP contribution in [0.15, 0.2) is 48.5 Å². The van der Waals surface area contributed by atoms with E-state index in [1.807, 2.05) is 62.4 Å². The molecule has 0 heterocycles. The number of aryl methyl sites for hydroxylation is 1. The maximum atomic E-state index is 5.87. The van der Waals surface area contributed by atoms with Crippen LogP contribution in [0.3, 0.4) is 0 Å². The number of nitrogens with two attached hydrogens (primary N) is 1. The predicted octanol–water partition coefficient (Wildman–Crippen LogP) is 4.35. The predicted molar refractivity (Wildman–Crippen MR) is 76.7 cm³/mol. The van der Waals surface area contributed by atoms with E-state index in [-0.39, 0.29) is 0 Å². The third kappa shape index (κ3) is 3.83. The molecule has 0 amide bonds. The maximum Gasteiger partial charge on any atom is 0.0620 e. The Morgan fingerprint density at radius 3 is 2.24 bits per heavy atom. The van der Waals surface area contributed by atoms with Crippen LogP contribution < -0.4 is 11.1 Å². The normalized spacial score (nSPS) is 9.12. The fraction of sp³-hybridized carbons (Fsp3) is 0.200. The Hall–Kier alpha value is -1.96. The molecule has 0 unspecified atom stereocenters. The van der Waals surface area contributed by atoms with E-state index in [1.54, 1.807) is 0 Å². The van der Waals surface area contributed by atoms with Crippen LogP contribution >= 0.6 is 0 Å². The second kappa shape index (κ2) is 6.59. The lowest BCUT2D eigenvalue weighted by atomic mass is 10.2. The highest BCUT2D eigenvalue weighted by atomic mass is 14.9. The number of para-hydroxylation sites is 1. The fourth-order valence-electron chi connectivity index (χ4n) is 1.46. The molecule has 0 spiro atoms. The lowest BCUT2D eigenvalue weighted by molar-refractivity contribution is 1.45. The van der Waals surface area contributed by atoms with Crippen molar-refractivity contribution in [2.75, 3.05) is 11.1 Å². The molecular weight excluding hydrogens is 208 g/mol. The van der Waals surface area contributed by atoms with Crippen molar-refractivity contribution in [1.29, 1.82) is 0 Å². The molecule has 0 aliphatic heterocycles. The molecule has 2 aromatic rings. The molecular formula is C15H20N2. The molecule has 0 aliphatic rings. The Bertz CT molecular complexity index is 450. The number of benzene rings is 2. The van der Waals surface area contributed by atoms with Crippen molar-refractivity contribution in [2.24, 2.45) is 0 Å². The average molecular weight is 228 g/mol. The minimum absolute atomic E-state index is 0.768. The first-order valence-corrected chi connectivity index (χ1v) is 5.94. The Morgan fingerprint density at radius 1 is 0.941 bits per heavy atom. The van der Waals surface area contributed by atoms with Gasteiger partial charge in [-0.15, -0.1) is 0 Å². The van der Waals surface area contributed by atoms with Crippen LogP contribution in [0.4, 0.5) is 17.1 Å². The summed E-state index contributed by atoms with van der Waals surface area (Å²) < 4.78 is 0. The quantitative estimate of drug-likeness (QED) is 0.750. The van der Waals surface area contributed by atoms with E-state index in [1.165, 1.54) is 5.56 Å². The topological polar surface area (TPSA) is 38.0 Å². The zero-order valence-corrected chi connectivity index (χ0v) is 10.7. The van der Waals surface area contributed by atoms with Crippen LogP contribution in [-0.2, 0) is 0 Å². The molecule has 2 heteroatoms.